The number of hydrogen-bond donors (Lipinski definition) is 1. The molecule has 7 heteroatoms. The Morgan fingerprint density at radius 2 is 1.00 bits per heavy atom. The molecule has 0 bridgehead atoms. The molecule has 3 rings (SSSR count). The second-order valence-corrected chi connectivity index (χ2v) is 9.99. The summed E-state index contributed by atoms with van der Waals surface area (Å²) in [7, 11) is -3.95. The number of benzene rings is 3. The van der Waals surface area contributed by atoms with E-state index < -0.39 is 10.1 Å². The van der Waals surface area contributed by atoms with E-state index in [0.29, 0.717) is 12.4 Å². The molecule has 0 unspecified atom stereocenters. The quantitative estimate of drug-likeness (QED) is 0.171. The van der Waals surface area contributed by atoms with Gasteiger partial charge in [-0.25, -0.2) is 0 Å². The molecule has 0 radical (unpaired) electrons. The van der Waals surface area contributed by atoms with E-state index in [1.807, 2.05) is 78.9 Å². The van der Waals surface area contributed by atoms with E-state index >= 15 is 0 Å². The van der Waals surface area contributed by atoms with E-state index in [4.69, 9.17) is 18.8 Å². The highest BCUT2D eigenvalue weighted by atomic mass is 32.2. The summed E-state index contributed by atoms with van der Waals surface area (Å²) in [5.74, 6) is 2.10. The van der Waals surface area contributed by atoms with Gasteiger partial charge in [-0.3, -0.25) is 4.55 Å². The first kappa shape index (κ1) is 27.3. The summed E-state index contributed by atoms with van der Waals surface area (Å²) in [6.07, 6.45) is 6.28. The van der Waals surface area contributed by atoms with Gasteiger partial charge in [0.25, 0.3) is 10.1 Å². The number of ether oxygens (including phenoxy) is 3. The van der Waals surface area contributed by atoms with Gasteiger partial charge in [-0.1, -0.05) is 49.1 Å². The Hall–Kier alpha value is -3.29. The maximum atomic E-state index is 10.7. The smallest absolute Gasteiger partial charge is 0.264 e. The Bertz CT molecular complexity index is 1150. The molecule has 192 valence electrons. The number of rotatable bonds is 16. The van der Waals surface area contributed by atoms with Crippen LogP contribution in [0.3, 0.4) is 0 Å². The fraction of sp³-hybridized carbons (Fsp3) is 0.310. The molecule has 1 N–H and O–H groups in total. The minimum atomic E-state index is -3.95. The largest absolute Gasteiger partial charge is 0.494 e. The Kier molecular flexibility index (Phi) is 10.9. The topological polar surface area (TPSA) is 82.1 Å². The highest BCUT2D eigenvalue weighted by molar-refractivity contribution is 7.85. The Morgan fingerprint density at radius 3 is 1.39 bits per heavy atom. The van der Waals surface area contributed by atoms with Crippen LogP contribution in [0.1, 0.15) is 37.7 Å². The van der Waals surface area contributed by atoms with Gasteiger partial charge in [0.05, 0.1) is 25.6 Å². The average Bonchev–Trinajstić information content (AvgIpc) is 2.89. The van der Waals surface area contributed by atoms with Crippen LogP contribution in [-0.4, -0.2) is 38.5 Å². The second kappa shape index (κ2) is 14.3. The molecule has 0 aliphatic heterocycles. The Balaban J connectivity index is 1.28. The Labute approximate surface area is 214 Å². The van der Waals surface area contributed by atoms with Gasteiger partial charge in [-0.05, 0) is 85.2 Å². The predicted molar refractivity (Wildman–Crippen MR) is 144 cm³/mol. The normalized spacial score (nSPS) is 11.1. The first-order valence-corrected chi connectivity index (χ1v) is 13.8. The summed E-state index contributed by atoms with van der Waals surface area (Å²) < 4.78 is 47.4. The van der Waals surface area contributed by atoms with Gasteiger partial charge in [0.15, 0.2) is 0 Å². The SMILES string of the molecule is C=Cc1ccc(OCCCCCCOc2ccc(-c3ccc(OCCCS(=O)(=O)O)cc3)cc2)cc1. The maximum Gasteiger partial charge on any atom is 0.264 e. The second-order valence-electron chi connectivity index (χ2n) is 8.42. The number of unbranched alkanes of at least 4 members (excludes halogenated alkanes) is 3. The Morgan fingerprint density at radius 1 is 0.611 bits per heavy atom. The molecule has 0 amide bonds. The standard InChI is InChI=1S/C29H34O6S/c1-2-24-8-14-27(15-9-24)33-20-5-3-4-6-21-34-28-16-10-25(11-17-28)26-12-18-29(19-13-26)35-22-7-23-36(30,31)32/h2,8-19H,1,3-7,20-23H2,(H,30,31,32). The van der Waals surface area contributed by atoms with E-state index in [0.717, 1.165) is 60.5 Å². The van der Waals surface area contributed by atoms with E-state index in [2.05, 4.69) is 6.58 Å². The molecule has 0 saturated carbocycles. The fourth-order valence-corrected chi connectivity index (χ4v) is 4.04. The zero-order valence-corrected chi connectivity index (χ0v) is 21.3. The third kappa shape index (κ3) is 10.1. The van der Waals surface area contributed by atoms with Gasteiger partial charge < -0.3 is 14.2 Å². The van der Waals surface area contributed by atoms with Crippen molar-refractivity contribution in [3.8, 4) is 28.4 Å². The van der Waals surface area contributed by atoms with Gasteiger partial charge in [0.1, 0.15) is 17.2 Å². The lowest BCUT2D eigenvalue weighted by atomic mass is 10.1. The molecule has 0 fully saturated rings. The molecule has 0 aromatic heterocycles. The van der Waals surface area contributed by atoms with Crippen LogP contribution in [0.4, 0.5) is 0 Å². The minimum absolute atomic E-state index is 0.226. The minimum Gasteiger partial charge on any atom is -0.494 e. The zero-order valence-electron chi connectivity index (χ0n) is 20.5. The molecule has 0 atom stereocenters. The van der Waals surface area contributed by atoms with Crippen molar-refractivity contribution in [2.45, 2.75) is 32.1 Å². The van der Waals surface area contributed by atoms with Crippen LogP contribution in [0, 0.1) is 0 Å². The van der Waals surface area contributed by atoms with Crippen molar-refractivity contribution in [3.63, 3.8) is 0 Å². The maximum absolute atomic E-state index is 10.7. The van der Waals surface area contributed by atoms with Crippen LogP contribution in [0.5, 0.6) is 17.2 Å². The fourth-order valence-electron chi connectivity index (χ4n) is 3.56. The lowest BCUT2D eigenvalue weighted by Gasteiger charge is -2.09. The van der Waals surface area contributed by atoms with Crippen LogP contribution in [0.2, 0.25) is 0 Å². The van der Waals surface area contributed by atoms with Crippen LogP contribution < -0.4 is 14.2 Å². The molecule has 3 aromatic carbocycles. The van der Waals surface area contributed by atoms with Gasteiger partial charge in [0, 0.05) is 0 Å². The van der Waals surface area contributed by atoms with Crippen molar-refractivity contribution < 1.29 is 27.2 Å². The summed E-state index contributed by atoms with van der Waals surface area (Å²) >= 11 is 0. The summed E-state index contributed by atoms with van der Waals surface area (Å²) in [4.78, 5) is 0. The molecular formula is C29H34O6S. The van der Waals surface area contributed by atoms with Crippen LogP contribution in [0.25, 0.3) is 17.2 Å². The van der Waals surface area contributed by atoms with Crippen LogP contribution in [-0.2, 0) is 10.1 Å². The number of hydrogen-bond acceptors (Lipinski definition) is 5. The van der Waals surface area contributed by atoms with Gasteiger partial charge in [-0.15, -0.1) is 0 Å². The predicted octanol–water partition coefficient (Wildman–Crippen LogP) is 6.67. The van der Waals surface area contributed by atoms with Crippen molar-refractivity contribution in [2.24, 2.45) is 0 Å². The van der Waals surface area contributed by atoms with Crippen molar-refractivity contribution in [1.82, 2.24) is 0 Å². The van der Waals surface area contributed by atoms with Gasteiger partial charge >= 0.3 is 0 Å². The van der Waals surface area contributed by atoms with Crippen molar-refractivity contribution in [1.29, 1.82) is 0 Å². The van der Waals surface area contributed by atoms with E-state index in [-0.39, 0.29) is 18.8 Å². The van der Waals surface area contributed by atoms with E-state index in [1.54, 1.807) is 0 Å². The monoisotopic (exact) mass is 510 g/mol. The molecule has 6 nitrogen and oxygen atoms in total. The summed E-state index contributed by atoms with van der Waals surface area (Å²) in [5.41, 5.74) is 3.21. The van der Waals surface area contributed by atoms with Crippen molar-refractivity contribution >= 4 is 16.2 Å². The molecule has 0 spiro atoms. The van der Waals surface area contributed by atoms with Crippen LogP contribution >= 0.6 is 0 Å². The molecule has 3 aromatic rings. The molecular weight excluding hydrogens is 476 g/mol. The van der Waals surface area contributed by atoms with Gasteiger partial charge in [0.2, 0.25) is 0 Å². The highest BCUT2D eigenvalue weighted by Gasteiger charge is 2.05. The summed E-state index contributed by atoms with van der Waals surface area (Å²) in [6, 6.07) is 23.5. The highest BCUT2D eigenvalue weighted by Crippen LogP contribution is 2.25. The molecule has 0 saturated heterocycles. The third-order valence-corrected chi connectivity index (χ3v) is 6.35. The van der Waals surface area contributed by atoms with Crippen LogP contribution in [0.15, 0.2) is 79.4 Å². The molecule has 36 heavy (non-hydrogen) atoms. The molecule has 0 aliphatic rings. The average molecular weight is 511 g/mol. The summed E-state index contributed by atoms with van der Waals surface area (Å²) in [6.45, 7) is 5.38. The van der Waals surface area contributed by atoms with Crippen molar-refractivity contribution in [3.05, 3.63) is 84.9 Å². The van der Waals surface area contributed by atoms with E-state index in [1.165, 1.54) is 0 Å². The zero-order chi connectivity index (χ0) is 25.6. The first-order chi connectivity index (χ1) is 17.4. The molecule has 0 heterocycles. The van der Waals surface area contributed by atoms with E-state index in [9.17, 15) is 8.42 Å². The molecule has 0 aliphatic carbocycles. The summed E-state index contributed by atoms with van der Waals surface area (Å²) in [5, 5.41) is 0. The lowest BCUT2D eigenvalue weighted by molar-refractivity contribution is 0.287. The first-order valence-electron chi connectivity index (χ1n) is 12.2. The van der Waals surface area contributed by atoms with Gasteiger partial charge in [-0.2, -0.15) is 8.42 Å². The third-order valence-electron chi connectivity index (χ3n) is 5.55. The van der Waals surface area contributed by atoms with Crippen molar-refractivity contribution in [2.75, 3.05) is 25.6 Å². The lowest BCUT2D eigenvalue weighted by Crippen LogP contribution is -2.08.